The molecule has 0 spiro atoms. The van der Waals surface area contributed by atoms with Crippen LogP contribution >= 0.6 is 0 Å². The lowest BCUT2D eigenvalue weighted by atomic mass is 9.95. The van der Waals surface area contributed by atoms with E-state index in [-0.39, 0.29) is 5.97 Å². The second-order valence-corrected chi connectivity index (χ2v) is 17.1. The van der Waals surface area contributed by atoms with Crippen molar-refractivity contribution in [3.8, 4) is 11.5 Å². The first-order chi connectivity index (χ1) is 18.4. The summed E-state index contributed by atoms with van der Waals surface area (Å²) in [5, 5.41) is 0. The van der Waals surface area contributed by atoms with Crippen LogP contribution in [-0.2, 0) is 4.74 Å². The van der Waals surface area contributed by atoms with Crippen molar-refractivity contribution < 1.29 is 19.0 Å². The Bertz CT molecular complexity index is 938. The number of benzene rings is 2. The van der Waals surface area contributed by atoms with E-state index in [1.807, 2.05) is 24.3 Å². The van der Waals surface area contributed by atoms with Gasteiger partial charge in [0.2, 0.25) is 0 Å². The van der Waals surface area contributed by atoms with Crippen molar-refractivity contribution in [1.82, 2.24) is 0 Å². The molecule has 2 atom stereocenters. The van der Waals surface area contributed by atoms with Crippen molar-refractivity contribution in [2.24, 2.45) is 0 Å². The fraction of sp³-hybridized carbons (Fsp3) is 0.606. The zero-order chi connectivity index (χ0) is 27.2. The van der Waals surface area contributed by atoms with Gasteiger partial charge in [-0.15, -0.1) is 0 Å². The van der Waals surface area contributed by atoms with Crippen LogP contribution < -0.4 is 9.47 Å². The lowest BCUT2D eigenvalue weighted by molar-refractivity contribution is 0.0734. The monoisotopic (exact) mass is 538 g/mol. The average molecular weight is 539 g/mol. The maximum atomic E-state index is 12.6. The van der Waals surface area contributed by atoms with Crippen LogP contribution in [0.2, 0.25) is 25.2 Å². The van der Waals surface area contributed by atoms with Crippen molar-refractivity contribution in [3.63, 3.8) is 0 Å². The number of ether oxygens (including phenoxy) is 3. The highest BCUT2D eigenvalue weighted by Gasteiger charge is 2.29. The van der Waals surface area contributed by atoms with E-state index in [2.05, 4.69) is 39.1 Å². The molecule has 1 aliphatic rings. The molecule has 210 valence electrons. The molecule has 0 aromatic heterocycles. The van der Waals surface area contributed by atoms with Crippen molar-refractivity contribution in [1.29, 1.82) is 0 Å². The van der Waals surface area contributed by atoms with Crippen LogP contribution in [0.4, 0.5) is 0 Å². The molecule has 0 N–H and O–H groups in total. The highest BCUT2D eigenvalue weighted by molar-refractivity contribution is 6.77. The number of hydrogen-bond donors (Lipinski definition) is 0. The van der Waals surface area contributed by atoms with E-state index in [1.165, 1.54) is 69.0 Å². The molecule has 2 aromatic carbocycles. The van der Waals surface area contributed by atoms with Crippen molar-refractivity contribution in [2.45, 2.75) is 115 Å². The van der Waals surface area contributed by atoms with E-state index >= 15 is 0 Å². The third-order valence-corrected chi connectivity index (χ3v) is 11.2. The van der Waals surface area contributed by atoms with Gasteiger partial charge in [0, 0.05) is 14.0 Å². The Hall–Kier alpha value is -2.11. The summed E-state index contributed by atoms with van der Waals surface area (Å²) in [5.74, 6) is 1.44. The first-order valence-electron chi connectivity index (χ1n) is 15.1. The predicted molar refractivity (Wildman–Crippen MR) is 160 cm³/mol. The smallest absolute Gasteiger partial charge is 0.343 e. The molecule has 4 nitrogen and oxygen atoms in total. The van der Waals surface area contributed by atoms with E-state index in [0.717, 1.165) is 25.2 Å². The largest absolute Gasteiger partial charge is 0.494 e. The summed E-state index contributed by atoms with van der Waals surface area (Å²) < 4.78 is 17.6. The minimum Gasteiger partial charge on any atom is -0.494 e. The minimum atomic E-state index is -1.10. The van der Waals surface area contributed by atoms with E-state index in [4.69, 9.17) is 14.2 Å². The van der Waals surface area contributed by atoms with Gasteiger partial charge in [0.05, 0.1) is 24.9 Å². The quantitative estimate of drug-likeness (QED) is 0.0871. The Balaban J connectivity index is 1.39. The van der Waals surface area contributed by atoms with Gasteiger partial charge < -0.3 is 14.2 Å². The Labute approximate surface area is 232 Å². The minimum absolute atomic E-state index is 0.348. The van der Waals surface area contributed by atoms with Gasteiger partial charge >= 0.3 is 5.97 Å². The van der Waals surface area contributed by atoms with Crippen LogP contribution in [0, 0.1) is 0 Å². The zero-order valence-corrected chi connectivity index (χ0v) is 25.3. The van der Waals surface area contributed by atoms with Crippen LogP contribution in [0.3, 0.4) is 0 Å². The molecule has 1 heterocycles. The number of carbonyl (C=O) groups is 1. The van der Waals surface area contributed by atoms with Crippen LogP contribution in [0.1, 0.15) is 99.9 Å². The molecule has 0 amide bonds. The summed E-state index contributed by atoms with van der Waals surface area (Å²) in [6, 6.07) is 18.0. The predicted octanol–water partition coefficient (Wildman–Crippen LogP) is 9.42. The molecule has 38 heavy (non-hydrogen) atoms. The Morgan fingerprint density at radius 1 is 0.842 bits per heavy atom. The lowest BCUT2D eigenvalue weighted by Crippen LogP contribution is -2.26. The molecule has 2 aromatic rings. The normalized spacial score (nSPS) is 17.5. The van der Waals surface area contributed by atoms with Gasteiger partial charge in [-0.3, -0.25) is 0 Å². The summed E-state index contributed by atoms with van der Waals surface area (Å²) in [7, 11) is -1.10. The molecule has 0 unspecified atom stereocenters. The standard InChI is InChI=1S/C33H50O4Si/c1-5-7-9-10-11-12-22-35-30-17-15-28(16-18-30)33(34)37-31-19-13-27(14-20-31)29-25-32(36-26-29)21-24-38(3,4)23-8-6-2/h13-20,29,32H,5-12,21-26H2,1-4H3/t29-,32+/m1/s1. The van der Waals surface area contributed by atoms with Crippen molar-refractivity contribution in [3.05, 3.63) is 59.7 Å². The highest BCUT2D eigenvalue weighted by Crippen LogP contribution is 2.34. The van der Waals surface area contributed by atoms with Gasteiger partial charge in [-0.25, -0.2) is 4.79 Å². The number of carbonyl (C=O) groups excluding carboxylic acids is 1. The van der Waals surface area contributed by atoms with Crippen molar-refractivity contribution in [2.75, 3.05) is 13.2 Å². The van der Waals surface area contributed by atoms with Crippen LogP contribution in [0.5, 0.6) is 11.5 Å². The Morgan fingerprint density at radius 3 is 2.21 bits per heavy atom. The zero-order valence-electron chi connectivity index (χ0n) is 24.3. The maximum Gasteiger partial charge on any atom is 0.343 e. The second-order valence-electron chi connectivity index (χ2n) is 11.8. The van der Waals surface area contributed by atoms with Crippen LogP contribution in [0.15, 0.2) is 48.5 Å². The summed E-state index contributed by atoms with van der Waals surface area (Å²) in [6.07, 6.45) is 12.8. The third-order valence-electron chi connectivity index (χ3n) is 7.85. The van der Waals surface area contributed by atoms with Gasteiger partial charge in [-0.2, -0.15) is 0 Å². The molecule has 5 heteroatoms. The molecule has 0 saturated carbocycles. The van der Waals surface area contributed by atoms with E-state index in [0.29, 0.717) is 29.9 Å². The SMILES string of the molecule is CCCCCCCCOc1ccc(C(=O)Oc2ccc([C@H]3CO[C@@H](CC[Si](C)(C)CCCC)C3)cc2)cc1. The number of unbranched alkanes of at least 4 members (excludes halogenated alkanes) is 6. The molecule has 3 rings (SSSR count). The first-order valence-corrected chi connectivity index (χ1v) is 18.5. The summed E-state index contributed by atoms with van der Waals surface area (Å²) >= 11 is 0. The van der Waals surface area contributed by atoms with Crippen LogP contribution in [-0.4, -0.2) is 33.4 Å². The van der Waals surface area contributed by atoms with Gasteiger partial charge in [-0.1, -0.05) is 96.1 Å². The van der Waals surface area contributed by atoms with E-state index < -0.39 is 8.07 Å². The third kappa shape index (κ3) is 10.6. The fourth-order valence-electron chi connectivity index (χ4n) is 5.20. The van der Waals surface area contributed by atoms with Crippen molar-refractivity contribution >= 4 is 14.0 Å². The fourth-order valence-corrected chi connectivity index (χ4v) is 7.87. The number of rotatable bonds is 17. The Morgan fingerprint density at radius 2 is 1.50 bits per heavy atom. The molecular weight excluding hydrogens is 488 g/mol. The molecule has 1 saturated heterocycles. The molecule has 0 aliphatic carbocycles. The lowest BCUT2D eigenvalue weighted by Gasteiger charge is -2.23. The van der Waals surface area contributed by atoms with E-state index in [9.17, 15) is 4.79 Å². The topological polar surface area (TPSA) is 44.8 Å². The van der Waals surface area contributed by atoms with Crippen LogP contribution in [0.25, 0.3) is 0 Å². The number of esters is 1. The highest BCUT2D eigenvalue weighted by atomic mass is 28.3. The van der Waals surface area contributed by atoms with Gasteiger partial charge in [0.25, 0.3) is 0 Å². The summed E-state index contributed by atoms with van der Waals surface area (Å²) in [6.45, 7) is 11.1. The average Bonchev–Trinajstić information content (AvgIpc) is 3.40. The molecule has 0 radical (unpaired) electrons. The van der Waals surface area contributed by atoms with Gasteiger partial charge in [0.1, 0.15) is 11.5 Å². The summed E-state index contributed by atoms with van der Waals surface area (Å²) in [5.41, 5.74) is 1.79. The molecular formula is C33H50O4Si. The maximum absolute atomic E-state index is 12.6. The molecule has 1 aliphatic heterocycles. The summed E-state index contributed by atoms with van der Waals surface area (Å²) in [4.78, 5) is 12.6. The Kier molecular flexibility index (Phi) is 12.9. The van der Waals surface area contributed by atoms with Gasteiger partial charge in [0.15, 0.2) is 0 Å². The van der Waals surface area contributed by atoms with E-state index in [1.54, 1.807) is 12.1 Å². The molecule has 1 fully saturated rings. The van der Waals surface area contributed by atoms with Gasteiger partial charge in [-0.05, 0) is 61.2 Å². The number of hydrogen-bond acceptors (Lipinski definition) is 4. The second kappa shape index (κ2) is 16.1. The first kappa shape index (κ1) is 30.4. The molecule has 0 bridgehead atoms.